The molecule has 1 fully saturated rings. The second-order valence-corrected chi connectivity index (χ2v) is 4.77. The third-order valence-electron chi connectivity index (χ3n) is 2.80. The van der Waals surface area contributed by atoms with E-state index in [0.717, 1.165) is 11.4 Å². The first-order valence-corrected chi connectivity index (χ1v) is 6.31. The molecular formula is C11H14N2O2S. The van der Waals surface area contributed by atoms with Crippen LogP contribution in [0.1, 0.15) is 37.2 Å². The minimum absolute atomic E-state index is 0.0422. The summed E-state index contributed by atoms with van der Waals surface area (Å²) in [4.78, 5) is 29.0. The molecule has 4 nitrogen and oxygen atoms in total. The fourth-order valence-electron chi connectivity index (χ4n) is 1.99. The van der Waals surface area contributed by atoms with Crippen LogP contribution in [0.4, 0.5) is 0 Å². The number of hydrogen-bond acceptors (Lipinski definition) is 4. The molecule has 1 aliphatic heterocycles. The van der Waals surface area contributed by atoms with Gasteiger partial charge in [0.05, 0.1) is 12.5 Å². The largest absolute Gasteiger partial charge is 0.332 e. The summed E-state index contributed by atoms with van der Waals surface area (Å²) >= 11 is 1.56. The molecule has 0 aliphatic carbocycles. The quantitative estimate of drug-likeness (QED) is 0.754. The van der Waals surface area contributed by atoms with Crippen LogP contribution in [0.25, 0.3) is 0 Å². The van der Waals surface area contributed by atoms with Gasteiger partial charge in [-0.2, -0.15) is 0 Å². The summed E-state index contributed by atoms with van der Waals surface area (Å²) in [5.41, 5.74) is 0. The Labute approximate surface area is 98.3 Å². The Kier molecular flexibility index (Phi) is 3.33. The summed E-state index contributed by atoms with van der Waals surface area (Å²) in [6.45, 7) is 2.57. The topological polar surface area (TPSA) is 50.3 Å². The van der Waals surface area contributed by atoms with Gasteiger partial charge in [-0.1, -0.05) is 6.92 Å². The van der Waals surface area contributed by atoms with Gasteiger partial charge in [0.2, 0.25) is 5.91 Å². The van der Waals surface area contributed by atoms with Crippen LogP contribution in [-0.4, -0.2) is 28.1 Å². The van der Waals surface area contributed by atoms with Crippen molar-refractivity contribution in [2.45, 2.75) is 32.2 Å². The van der Waals surface area contributed by atoms with E-state index in [2.05, 4.69) is 4.98 Å². The molecule has 16 heavy (non-hydrogen) atoms. The fourth-order valence-corrected chi connectivity index (χ4v) is 2.82. The maximum Gasteiger partial charge on any atom is 0.230 e. The minimum Gasteiger partial charge on any atom is -0.332 e. The van der Waals surface area contributed by atoms with Crippen molar-refractivity contribution in [3.63, 3.8) is 0 Å². The lowest BCUT2D eigenvalue weighted by molar-refractivity contribution is -0.141. The number of amides is 1. The van der Waals surface area contributed by atoms with E-state index in [0.29, 0.717) is 13.0 Å². The summed E-state index contributed by atoms with van der Waals surface area (Å²) in [5.74, 6) is -0.00598. The number of hydrogen-bond donors (Lipinski definition) is 0. The monoisotopic (exact) mass is 238 g/mol. The number of carbonyl (C=O) groups is 2. The number of likely N-dealkylation sites (tertiary alicyclic amines) is 1. The Morgan fingerprint density at radius 1 is 1.56 bits per heavy atom. The summed E-state index contributed by atoms with van der Waals surface area (Å²) in [5, 5.41) is 2.88. The Hall–Kier alpha value is -1.23. The minimum atomic E-state index is -0.0571. The van der Waals surface area contributed by atoms with Gasteiger partial charge in [-0.3, -0.25) is 9.59 Å². The van der Waals surface area contributed by atoms with E-state index in [1.807, 2.05) is 12.3 Å². The Morgan fingerprint density at radius 3 is 2.94 bits per heavy atom. The molecule has 0 spiro atoms. The first-order valence-electron chi connectivity index (χ1n) is 5.43. The Morgan fingerprint density at radius 2 is 2.38 bits per heavy atom. The van der Waals surface area contributed by atoms with Crippen molar-refractivity contribution in [3.05, 3.63) is 16.6 Å². The average Bonchev–Trinajstić information content (AvgIpc) is 2.75. The van der Waals surface area contributed by atoms with Crippen LogP contribution in [-0.2, 0) is 9.59 Å². The van der Waals surface area contributed by atoms with Gasteiger partial charge in [0, 0.05) is 24.5 Å². The van der Waals surface area contributed by atoms with Gasteiger partial charge < -0.3 is 4.90 Å². The first-order chi connectivity index (χ1) is 7.72. The third-order valence-corrected chi connectivity index (χ3v) is 3.68. The van der Waals surface area contributed by atoms with E-state index in [-0.39, 0.29) is 24.2 Å². The highest BCUT2D eigenvalue weighted by Gasteiger charge is 2.30. The number of piperidine rings is 1. The standard InChI is InChI=1S/C11H14N2O2S/c1-2-9(11-12-4-6-16-11)13-5-3-8(14)7-10(13)15/h4,6,9H,2-3,5,7H2,1H3. The van der Waals surface area contributed by atoms with Crippen LogP contribution >= 0.6 is 11.3 Å². The predicted molar refractivity (Wildman–Crippen MR) is 61.1 cm³/mol. The van der Waals surface area contributed by atoms with Crippen molar-refractivity contribution >= 4 is 23.0 Å². The molecule has 1 amide bonds. The smallest absolute Gasteiger partial charge is 0.230 e. The molecule has 86 valence electrons. The number of thiazole rings is 1. The summed E-state index contributed by atoms with van der Waals surface area (Å²) < 4.78 is 0. The lowest BCUT2D eigenvalue weighted by Crippen LogP contribution is -2.41. The van der Waals surface area contributed by atoms with Gasteiger partial charge in [-0.15, -0.1) is 11.3 Å². The van der Waals surface area contributed by atoms with Crippen molar-refractivity contribution in [2.75, 3.05) is 6.54 Å². The van der Waals surface area contributed by atoms with Crippen molar-refractivity contribution in [2.24, 2.45) is 0 Å². The fraction of sp³-hybridized carbons (Fsp3) is 0.545. The van der Waals surface area contributed by atoms with Crippen molar-refractivity contribution < 1.29 is 9.59 Å². The van der Waals surface area contributed by atoms with Crippen LogP contribution in [0.5, 0.6) is 0 Å². The normalized spacial score (nSPS) is 18.9. The van der Waals surface area contributed by atoms with E-state index in [4.69, 9.17) is 0 Å². The van der Waals surface area contributed by atoms with E-state index in [1.54, 1.807) is 22.4 Å². The summed E-state index contributed by atoms with van der Waals surface area (Å²) in [6.07, 6.45) is 3.13. The van der Waals surface area contributed by atoms with Gasteiger partial charge in [-0.25, -0.2) is 4.98 Å². The van der Waals surface area contributed by atoms with Crippen LogP contribution in [0.15, 0.2) is 11.6 Å². The molecule has 2 rings (SSSR count). The number of rotatable bonds is 3. The van der Waals surface area contributed by atoms with Gasteiger partial charge >= 0.3 is 0 Å². The van der Waals surface area contributed by atoms with E-state index >= 15 is 0 Å². The number of nitrogens with zero attached hydrogens (tertiary/aromatic N) is 2. The Balaban J connectivity index is 2.16. The zero-order valence-electron chi connectivity index (χ0n) is 9.18. The van der Waals surface area contributed by atoms with E-state index in [1.165, 1.54) is 0 Å². The molecule has 1 aromatic rings. The molecule has 1 aliphatic rings. The SMILES string of the molecule is CCC(c1nccs1)N1CCC(=O)CC1=O. The molecule has 1 saturated heterocycles. The van der Waals surface area contributed by atoms with Crippen LogP contribution < -0.4 is 0 Å². The number of aromatic nitrogens is 1. The molecule has 1 unspecified atom stereocenters. The van der Waals surface area contributed by atoms with Crippen LogP contribution in [0.3, 0.4) is 0 Å². The maximum absolute atomic E-state index is 11.8. The molecule has 0 bridgehead atoms. The predicted octanol–water partition coefficient (Wildman–Crippen LogP) is 1.79. The lowest BCUT2D eigenvalue weighted by Gasteiger charge is -2.32. The second kappa shape index (κ2) is 4.74. The summed E-state index contributed by atoms with van der Waals surface area (Å²) in [7, 11) is 0. The Bertz CT molecular complexity index is 389. The zero-order chi connectivity index (χ0) is 11.5. The molecule has 5 heteroatoms. The average molecular weight is 238 g/mol. The van der Waals surface area contributed by atoms with Gasteiger partial charge in [0.25, 0.3) is 0 Å². The van der Waals surface area contributed by atoms with Crippen molar-refractivity contribution in [1.82, 2.24) is 9.88 Å². The highest BCUT2D eigenvalue weighted by atomic mass is 32.1. The molecule has 2 heterocycles. The molecule has 0 N–H and O–H groups in total. The zero-order valence-corrected chi connectivity index (χ0v) is 10.00. The van der Waals surface area contributed by atoms with Crippen molar-refractivity contribution in [1.29, 1.82) is 0 Å². The maximum atomic E-state index is 11.8. The van der Waals surface area contributed by atoms with Crippen LogP contribution in [0, 0.1) is 0 Å². The van der Waals surface area contributed by atoms with E-state index < -0.39 is 0 Å². The third kappa shape index (κ3) is 2.14. The molecule has 1 aromatic heterocycles. The van der Waals surface area contributed by atoms with Gasteiger partial charge in [-0.05, 0) is 6.42 Å². The molecule has 0 saturated carbocycles. The van der Waals surface area contributed by atoms with Gasteiger partial charge in [0.15, 0.2) is 0 Å². The lowest BCUT2D eigenvalue weighted by atomic mass is 10.1. The molecular weight excluding hydrogens is 224 g/mol. The highest BCUT2D eigenvalue weighted by molar-refractivity contribution is 7.09. The van der Waals surface area contributed by atoms with Crippen molar-refractivity contribution in [3.8, 4) is 0 Å². The van der Waals surface area contributed by atoms with E-state index in [9.17, 15) is 9.59 Å². The molecule has 1 atom stereocenters. The summed E-state index contributed by atoms with van der Waals surface area (Å²) in [6, 6.07) is 0.0422. The van der Waals surface area contributed by atoms with Crippen LogP contribution in [0.2, 0.25) is 0 Å². The molecule has 0 radical (unpaired) electrons. The first kappa shape index (κ1) is 11.3. The highest BCUT2D eigenvalue weighted by Crippen LogP contribution is 2.28. The van der Waals surface area contributed by atoms with Gasteiger partial charge in [0.1, 0.15) is 10.8 Å². The number of ketones is 1. The molecule has 0 aromatic carbocycles. The number of carbonyl (C=O) groups excluding carboxylic acids is 2. The number of Topliss-reactive ketones (excluding diaryl/α,β-unsaturated/α-hetero) is 1. The second-order valence-electron chi connectivity index (χ2n) is 3.85.